The van der Waals surface area contributed by atoms with E-state index >= 15 is 0 Å². The van der Waals surface area contributed by atoms with Gasteiger partial charge in [0, 0.05) is 32.7 Å². The highest BCUT2D eigenvalue weighted by Crippen LogP contribution is 2.28. The number of methoxy groups -OCH3 is 1. The Balaban J connectivity index is 0.00000300. The SMILES string of the molecule is COc1ccccc1N1CCN(CCOCCOc2c(C)cccc2C)CC1.Cl. The van der Waals surface area contributed by atoms with Crippen molar-refractivity contribution in [3.05, 3.63) is 53.6 Å². The third-order valence-electron chi connectivity index (χ3n) is 5.23. The number of piperazine rings is 1. The van der Waals surface area contributed by atoms with Gasteiger partial charge in [0.15, 0.2) is 0 Å². The number of halogens is 1. The van der Waals surface area contributed by atoms with Gasteiger partial charge in [-0.15, -0.1) is 12.4 Å². The first kappa shape index (κ1) is 23.3. The molecule has 29 heavy (non-hydrogen) atoms. The maximum absolute atomic E-state index is 5.89. The quantitative estimate of drug-likeness (QED) is 0.574. The van der Waals surface area contributed by atoms with Crippen molar-refractivity contribution in [2.24, 2.45) is 0 Å². The smallest absolute Gasteiger partial charge is 0.142 e. The number of benzene rings is 2. The monoisotopic (exact) mass is 420 g/mol. The van der Waals surface area contributed by atoms with Gasteiger partial charge in [-0.3, -0.25) is 4.90 Å². The van der Waals surface area contributed by atoms with Crippen molar-refractivity contribution in [1.82, 2.24) is 4.90 Å². The number of para-hydroxylation sites is 3. The molecule has 1 saturated heterocycles. The second-order valence-corrected chi connectivity index (χ2v) is 7.18. The van der Waals surface area contributed by atoms with Crippen LogP contribution in [0.4, 0.5) is 5.69 Å². The highest BCUT2D eigenvalue weighted by atomic mass is 35.5. The Morgan fingerprint density at radius 1 is 0.828 bits per heavy atom. The lowest BCUT2D eigenvalue weighted by atomic mass is 10.1. The van der Waals surface area contributed by atoms with Gasteiger partial charge in [-0.1, -0.05) is 30.3 Å². The van der Waals surface area contributed by atoms with Gasteiger partial charge in [-0.05, 0) is 37.1 Å². The zero-order chi connectivity index (χ0) is 19.8. The van der Waals surface area contributed by atoms with Gasteiger partial charge in [0.1, 0.15) is 18.1 Å². The number of ether oxygens (including phenoxy) is 3. The summed E-state index contributed by atoms with van der Waals surface area (Å²) < 4.78 is 17.2. The summed E-state index contributed by atoms with van der Waals surface area (Å²) in [5.74, 6) is 1.93. The molecule has 6 heteroatoms. The number of rotatable bonds is 9. The molecule has 1 aliphatic heterocycles. The molecular formula is C23H33ClN2O3. The van der Waals surface area contributed by atoms with Gasteiger partial charge >= 0.3 is 0 Å². The van der Waals surface area contributed by atoms with E-state index in [-0.39, 0.29) is 12.4 Å². The standard InChI is InChI=1S/C23H32N2O3.ClH/c1-19-7-6-8-20(2)23(19)28-18-17-27-16-15-24-11-13-25(14-12-24)21-9-4-5-10-22(21)26-3;/h4-10H,11-18H2,1-3H3;1H. The summed E-state index contributed by atoms with van der Waals surface area (Å²) >= 11 is 0. The molecule has 3 rings (SSSR count). The van der Waals surface area contributed by atoms with Crippen LogP contribution >= 0.6 is 12.4 Å². The molecule has 1 heterocycles. The van der Waals surface area contributed by atoms with Crippen LogP contribution in [0.15, 0.2) is 42.5 Å². The molecule has 160 valence electrons. The molecule has 2 aromatic rings. The van der Waals surface area contributed by atoms with Crippen LogP contribution in [0.25, 0.3) is 0 Å². The van der Waals surface area contributed by atoms with E-state index < -0.39 is 0 Å². The first-order chi connectivity index (χ1) is 13.7. The molecule has 0 atom stereocenters. The Labute approximate surface area is 181 Å². The third kappa shape index (κ3) is 6.53. The fraction of sp³-hybridized carbons (Fsp3) is 0.478. The van der Waals surface area contributed by atoms with Crippen molar-refractivity contribution < 1.29 is 14.2 Å². The topological polar surface area (TPSA) is 34.2 Å². The average molecular weight is 421 g/mol. The maximum atomic E-state index is 5.89. The first-order valence-electron chi connectivity index (χ1n) is 10.1. The normalized spacial score (nSPS) is 14.4. The second kappa shape index (κ2) is 11.9. The molecule has 0 aliphatic carbocycles. The fourth-order valence-corrected chi connectivity index (χ4v) is 3.63. The summed E-state index contributed by atoms with van der Waals surface area (Å²) in [7, 11) is 1.73. The molecule has 0 radical (unpaired) electrons. The van der Waals surface area contributed by atoms with Crippen LogP contribution in [0.2, 0.25) is 0 Å². The highest BCUT2D eigenvalue weighted by molar-refractivity contribution is 5.85. The van der Waals surface area contributed by atoms with E-state index in [0.29, 0.717) is 13.2 Å². The molecule has 0 aromatic heterocycles. The Hall–Kier alpha value is -1.95. The van der Waals surface area contributed by atoms with E-state index in [4.69, 9.17) is 14.2 Å². The van der Waals surface area contributed by atoms with Crippen molar-refractivity contribution in [3.63, 3.8) is 0 Å². The largest absolute Gasteiger partial charge is 0.495 e. The Morgan fingerprint density at radius 3 is 2.21 bits per heavy atom. The number of anilines is 1. The van der Waals surface area contributed by atoms with Gasteiger partial charge in [0.25, 0.3) is 0 Å². The summed E-state index contributed by atoms with van der Waals surface area (Å²) in [6.07, 6.45) is 0. The summed E-state index contributed by atoms with van der Waals surface area (Å²) in [6, 6.07) is 14.5. The number of hydrogen-bond acceptors (Lipinski definition) is 5. The van der Waals surface area contributed by atoms with E-state index in [2.05, 4.69) is 54.0 Å². The van der Waals surface area contributed by atoms with E-state index in [9.17, 15) is 0 Å². The van der Waals surface area contributed by atoms with Crippen molar-refractivity contribution >= 4 is 18.1 Å². The van der Waals surface area contributed by atoms with Crippen molar-refractivity contribution in [3.8, 4) is 11.5 Å². The zero-order valence-corrected chi connectivity index (χ0v) is 18.5. The molecule has 0 N–H and O–H groups in total. The van der Waals surface area contributed by atoms with Crippen molar-refractivity contribution in [1.29, 1.82) is 0 Å². The van der Waals surface area contributed by atoms with Crippen LogP contribution < -0.4 is 14.4 Å². The number of aryl methyl sites for hydroxylation is 2. The van der Waals surface area contributed by atoms with Gasteiger partial charge in [-0.25, -0.2) is 0 Å². The summed E-state index contributed by atoms with van der Waals surface area (Å²) in [6.45, 7) is 11.2. The summed E-state index contributed by atoms with van der Waals surface area (Å²) in [4.78, 5) is 4.85. The van der Waals surface area contributed by atoms with Crippen molar-refractivity contribution in [2.75, 3.05) is 64.6 Å². The van der Waals surface area contributed by atoms with Crippen molar-refractivity contribution in [2.45, 2.75) is 13.8 Å². The molecular weight excluding hydrogens is 388 g/mol. The average Bonchev–Trinajstić information content (AvgIpc) is 2.73. The van der Waals surface area contributed by atoms with Crippen LogP contribution in [-0.4, -0.2) is 64.6 Å². The molecule has 1 aliphatic rings. The van der Waals surface area contributed by atoms with Crippen LogP contribution in [-0.2, 0) is 4.74 Å². The molecule has 2 aromatic carbocycles. The molecule has 0 spiro atoms. The number of hydrogen-bond donors (Lipinski definition) is 0. The Bertz CT molecular complexity index is 728. The molecule has 0 saturated carbocycles. The van der Waals surface area contributed by atoms with Gasteiger partial charge in [0.05, 0.1) is 26.0 Å². The number of nitrogens with zero attached hydrogens (tertiary/aromatic N) is 2. The molecule has 5 nitrogen and oxygen atoms in total. The lowest BCUT2D eigenvalue weighted by molar-refractivity contribution is 0.0780. The van der Waals surface area contributed by atoms with E-state index in [0.717, 1.165) is 50.8 Å². The van der Waals surface area contributed by atoms with Crippen LogP contribution in [0, 0.1) is 13.8 Å². The minimum Gasteiger partial charge on any atom is -0.495 e. The van der Waals surface area contributed by atoms with Gasteiger partial charge in [0.2, 0.25) is 0 Å². The van der Waals surface area contributed by atoms with E-state index in [1.807, 2.05) is 12.1 Å². The maximum Gasteiger partial charge on any atom is 0.142 e. The molecule has 0 amide bonds. The van der Waals surface area contributed by atoms with Crippen LogP contribution in [0.3, 0.4) is 0 Å². The third-order valence-corrected chi connectivity index (χ3v) is 5.23. The summed E-state index contributed by atoms with van der Waals surface area (Å²) in [5, 5.41) is 0. The Morgan fingerprint density at radius 2 is 1.52 bits per heavy atom. The van der Waals surface area contributed by atoms with Crippen LogP contribution in [0.1, 0.15) is 11.1 Å². The van der Waals surface area contributed by atoms with Gasteiger partial charge < -0.3 is 19.1 Å². The van der Waals surface area contributed by atoms with Crippen LogP contribution in [0.5, 0.6) is 11.5 Å². The zero-order valence-electron chi connectivity index (χ0n) is 17.7. The van der Waals surface area contributed by atoms with Gasteiger partial charge in [-0.2, -0.15) is 0 Å². The predicted octanol–water partition coefficient (Wildman–Crippen LogP) is 3.95. The molecule has 0 unspecified atom stereocenters. The lowest BCUT2D eigenvalue weighted by Gasteiger charge is -2.36. The summed E-state index contributed by atoms with van der Waals surface area (Å²) in [5.41, 5.74) is 3.53. The molecule has 0 bridgehead atoms. The predicted molar refractivity (Wildman–Crippen MR) is 121 cm³/mol. The highest BCUT2D eigenvalue weighted by Gasteiger charge is 2.19. The first-order valence-corrected chi connectivity index (χ1v) is 10.1. The van der Waals surface area contributed by atoms with E-state index in [1.54, 1.807) is 7.11 Å². The minimum absolute atomic E-state index is 0. The lowest BCUT2D eigenvalue weighted by Crippen LogP contribution is -2.47. The second-order valence-electron chi connectivity index (χ2n) is 7.18. The Kier molecular flexibility index (Phi) is 9.58. The minimum atomic E-state index is 0. The fourth-order valence-electron chi connectivity index (χ4n) is 3.63. The molecule has 1 fully saturated rings. The van der Waals surface area contributed by atoms with E-state index in [1.165, 1.54) is 16.8 Å².